The van der Waals surface area contributed by atoms with Gasteiger partial charge in [-0.05, 0) is 22.6 Å². The second-order valence-corrected chi connectivity index (χ2v) is 5.83. The third-order valence-corrected chi connectivity index (χ3v) is 4.24. The van der Waals surface area contributed by atoms with E-state index in [0.717, 1.165) is 0 Å². The first-order chi connectivity index (χ1) is 9.47. The molecule has 0 aliphatic rings. The van der Waals surface area contributed by atoms with Gasteiger partial charge in [0.05, 0.1) is 26.5 Å². The van der Waals surface area contributed by atoms with Crippen LogP contribution in [-0.2, 0) is 11.8 Å². The minimum absolute atomic E-state index is 0.144. The maximum atomic E-state index is 11.8. The lowest BCUT2D eigenvalue weighted by molar-refractivity contribution is -0.113. The minimum atomic E-state index is -0.252. The fourth-order valence-electron chi connectivity index (χ4n) is 1.28. The number of carbonyl (C=O) groups excluding carboxylic acids is 1. The van der Waals surface area contributed by atoms with Crippen molar-refractivity contribution in [2.45, 2.75) is 5.16 Å². The van der Waals surface area contributed by atoms with E-state index in [-0.39, 0.29) is 11.7 Å². The van der Waals surface area contributed by atoms with Crippen LogP contribution in [0.1, 0.15) is 0 Å². The topological polar surface area (TPSA) is 72.7 Å². The number of halogens is 3. The Kier molecular flexibility index (Phi) is 5.09. The molecule has 0 unspecified atom stereocenters. The van der Waals surface area contributed by atoms with Crippen molar-refractivity contribution in [2.75, 3.05) is 11.1 Å². The van der Waals surface area contributed by atoms with Gasteiger partial charge in [0.15, 0.2) is 0 Å². The zero-order chi connectivity index (χ0) is 14.7. The average molecular weight is 353 g/mol. The van der Waals surface area contributed by atoms with Crippen molar-refractivity contribution in [3.63, 3.8) is 0 Å². The number of nitrogens with one attached hydrogen (secondary N) is 1. The van der Waals surface area contributed by atoms with Crippen LogP contribution in [0.3, 0.4) is 0 Å². The highest BCUT2D eigenvalue weighted by molar-refractivity contribution is 7.99. The molecule has 0 saturated heterocycles. The molecule has 0 fully saturated rings. The summed E-state index contributed by atoms with van der Waals surface area (Å²) in [5.74, 6) is -0.108. The van der Waals surface area contributed by atoms with Crippen LogP contribution in [0.15, 0.2) is 17.3 Å². The SMILES string of the molecule is Cn1nnnc1SCC(=O)Nc1cc(Cl)c(Cl)cc1Cl. The molecule has 0 radical (unpaired) electrons. The number of rotatable bonds is 4. The second kappa shape index (κ2) is 6.62. The molecule has 2 rings (SSSR count). The summed E-state index contributed by atoms with van der Waals surface area (Å²) in [7, 11) is 1.69. The Labute approximate surface area is 133 Å². The molecule has 2 aromatic rings. The van der Waals surface area contributed by atoms with Gasteiger partial charge in [0.2, 0.25) is 11.1 Å². The number of aromatic nitrogens is 4. The predicted octanol–water partition coefficient (Wildman–Crippen LogP) is 2.90. The Morgan fingerprint density at radius 2 is 2.00 bits per heavy atom. The van der Waals surface area contributed by atoms with E-state index in [1.54, 1.807) is 7.05 Å². The van der Waals surface area contributed by atoms with Crippen LogP contribution in [0.2, 0.25) is 15.1 Å². The van der Waals surface area contributed by atoms with Gasteiger partial charge in [0.25, 0.3) is 0 Å². The number of anilines is 1. The van der Waals surface area contributed by atoms with Crippen LogP contribution in [-0.4, -0.2) is 31.9 Å². The molecule has 1 N–H and O–H groups in total. The highest BCUT2D eigenvalue weighted by Gasteiger charge is 2.11. The largest absolute Gasteiger partial charge is 0.324 e. The molecule has 0 spiro atoms. The predicted molar refractivity (Wildman–Crippen MR) is 79.6 cm³/mol. The third kappa shape index (κ3) is 3.76. The number of amides is 1. The van der Waals surface area contributed by atoms with Crippen molar-refractivity contribution in [3.05, 3.63) is 27.2 Å². The molecule has 106 valence electrons. The van der Waals surface area contributed by atoms with Crippen molar-refractivity contribution in [1.29, 1.82) is 0 Å². The summed E-state index contributed by atoms with van der Waals surface area (Å²) in [6.07, 6.45) is 0. The second-order valence-electron chi connectivity index (χ2n) is 3.67. The summed E-state index contributed by atoms with van der Waals surface area (Å²) in [6.45, 7) is 0. The first kappa shape index (κ1) is 15.4. The van der Waals surface area contributed by atoms with Crippen LogP contribution in [0.25, 0.3) is 0 Å². The van der Waals surface area contributed by atoms with E-state index >= 15 is 0 Å². The Morgan fingerprint density at radius 1 is 1.30 bits per heavy atom. The van der Waals surface area contributed by atoms with Crippen LogP contribution < -0.4 is 5.32 Å². The molecule has 0 aliphatic heterocycles. The number of thioether (sulfide) groups is 1. The van der Waals surface area contributed by atoms with Crippen LogP contribution in [0.5, 0.6) is 0 Å². The van der Waals surface area contributed by atoms with Crippen molar-refractivity contribution < 1.29 is 4.79 Å². The molecule has 1 amide bonds. The fraction of sp³-hybridized carbons (Fsp3) is 0.200. The van der Waals surface area contributed by atoms with E-state index in [2.05, 4.69) is 20.8 Å². The monoisotopic (exact) mass is 351 g/mol. The van der Waals surface area contributed by atoms with Gasteiger partial charge in [-0.1, -0.05) is 46.6 Å². The van der Waals surface area contributed by atoms with Gasteiger partial charge < -0.3 is 5.32 Å². The van der Waals surface area contributed by atoms with E-state index in [0.29, 0.717) is 25.9 Å². The molecule has 20 heavy (non-hydrogen) atoms. The Bertz CT molecular complexity index is 648. The van der Waals surface area contributed by atoms with Gasteiger partial charge in [-0.2, -0.15) is 0 Å². The van der Waals surface area contributed by atoms with Gasteiger partial charge in [-0.15, -0.1) is 5.10 Å². The summed E-state index contributed by atoms with van der Waals surface area (Å²) in [6, 6.07) is 2.97. The minimum Gasteiger partial charge on any atom is -0.324 e. The number of benzene rings is 1. The summed E-state index contributed by atoms with van der Waals surface area (Å²) in [4.78, 5) is 11.8. The third-order valence-electron chi connectivity index (χ3n) is 2.20. The number of tetrazole rings is 1. The zero-order valence-corrected chi connectivity index (χ0v) is 13.2. The normalized spacial score (nSPS) is 10.6. The highest BCUT2D eigenvalue weighted by atomic mass is 35.5. The van der Waals surface area contributed by atoms with Crippen molar-refractivity contribution >= 4 is 58.2 Å². The first-order valence-electron chi connectivity index (χ1n) is 5.27. The molecule has 1 aromatic carbocycles. The summed E-state index contributed by atoms with van der Waals surface area (Å²) in [5, 5.41) is 15.0. The molecule has 1 heterocycles. The molecule has 0 atom stereocenters. The Balaban J connectivity index is 1.98. The quantitative estimate of drug-likeness (QED) is 0.676. The number of hydrogen-bond acceptors (Lipinski definition) is 5. The van der Waals surface area contributed by atoms with Gasteiger partial charge in [0, 0.05) is 7.05 Å². The summed E-state index contributed by atoms with van der Waals surface area (Å²) >= 11 is 18.9. The lowest BCUT2D eigenvalue weighted by Gasteiger charge is -2.08. The van der Waals surface area contributed by atoms with Crippen LogP contribution in [0.4, 0.5) is 5.69 Å². The van der Waals surface area contributed by atoms with E-state index < -0.39 is 0 Å². The molecule has 0 aliphatic carbocycles. The first-order valence-corrected chi connectivity index (χ1v) is 7.39. The molecular formula is C10H8Cl3N5OS. The van der Waals surface area contributed by atoms with Gasteiger partial charge >= 0.3 is 0 Å². The van der Waals surface area contributed by atoms with Gasteiger partial charge in [-0.25, -0.2) is 4.68 Å². The molecule has 1 aromatic heterocycles. The number of carbonyl (C=O) groups is 1. The maximum absolute atomic E-state index is 11.8. The molecule has 0 bridgehead atoms. The van der Waals surface area contributed by atoms with Crippen LogP contribution >= 0.6 is 46.6 Å². The van der Waals surface area contributed by atoms with E-state index in [9.17, 15) is 4.79 Å². The Hall–Kier alpha value is -1.02. The lowest BCUT2D eigenvalue weighted by atomic mass is 10.3. The van der Waals surface area contributed by atoms with E-state index in [4.69, 9.17) is 34.8 Å². The average Bonchev–Trinajstić information content (AvgIpc) is 2.79. The van der Waals surface area contributed by atoms with E-state index in [1.807, 2.05) is 0 Å². The summed E-state index contributed by atoms with van der Waals surface area (Å²) < 4.78 is 1.48. The maximum Gasteiger partial charge on any atom is 0.234 e. The van der Waals surface area contributed by atoms with Crippen molar-refractivity contribution in [3.8, 4) is 0 Å². The molecule has 0 saturated carbocycles. The Morgan fingerprint density at radius 3 is 2.65 bits per heavy atom. The number of aryl methyl sites for hydroxylation is 1. The van der Waals surface area contributed by atoms with Crippen molar-refractivity contribution in [1.82, 2.24) is 20.2 Å². The highest BCUT2D eigenvalue weighted by Crippen LogP contribution is 2.32. The van der Waals surface area contributed by atoms with Gasteiger partial charge in [-0.3, -0.25) is 4.79 Å². The molecule has 6 nitrogen and oxygen atoms in total. The van der Waals surface area contributed by atoms with E-state index in [1.165, 1.54) is 28.6 Å². The van der Waals surface area contributed by atoms with Gasteiger partial charge in [0.1, 0.15) is 0 Å². The smallest absolute Gasteiger partial charge is 0.234 e. The van der Waals surface area contributed by atoms with Crippen molar-refractivity contribution in [2.24, 2.45) is 7.05 Å². The fourth-order valence-corrected chi connectivity index (χ4v) is 2.52. The lowest BCUT2D eigenvalue weighted by Crippen LogP contribution is -2.14. The zero-order valence-electron chi connectivity index (χ0n) is 10.1. The standard InChI is InChI=1S/C10H8Cl3N5OS/c1-18-10(15-16-17-18)20-4-9(19)14-8-3-6(12)5(11)2-7(8)13/h2-3H,4H2,1H3,(H,14,19). The molecule has 10 heteroatoms. The van der Waals surface area contributed by atoms with Crippen LogP contribution in [0, 0.1) is 0 Å². The number of hydrogen-bond donors (Lipinski definition) is 1. The molecular weight excluding hydrogens is 345 g/mol. The number of nitrogens with zero attached hydrogens (tertiary/aromatic N) is 4. The summed E-state index contributed by atoms with van der Waals surface area (Å²) in [5.41, 5.74) is 0.405.